The molecule has 2 heterocycles. The van der Waals surface area contributed by atoms with Gasteiger partial charge in [-0.2, -0.15) is 0 Å². The van der Waals surface area contributed by atoms with Crippen LogP contribution in [0.15, 0.2) is 18.2 Å². The maximum Gasteiger partial charge on any atom is 0.234 e. The van der Waals surface area contributed by atoms with E-state index in [2.05, 4.69) is 17.1 Å². The van der Waals surface area contributed by atoms with E-state index in [4.69, 9.17) is 9.47 Å². The molecule has 0 aromatic heterocycles. The molecule has 0 radical (unpaired) electrons. The van der Waals surface area contributed by atoms with Crippen molar-refractivity contribution in [2.24, 2.45) is 5.92 Å². The number of rotatable bonds is 4. The first kappa shape index (κ1) is 18.6. The van der Waals surface area contributed by atoms with Gasteiger partial charge in [-0.05, 0) is 49.3 Å². The first-order chi connectivity index (χ1) is 13.0. The summed E-state index contributed by atoms with van der Waals surface area (Å²) in [6.45, 7) is 4.30. The lowest BCUT2D eigenvalue weighted by Crippen LogP contribution is -2.49. The number of piperidine rings is 1. The molecular formula is C21H30N2O4. The molecule has 1 saturated carbocycles. The highest BCUT2D eigenvalue weighted by Crippen LogP contribution is 2.39. The second-order valence-electron chi connectivity index (χ2n) is 8.31. The lowest BCUT2D eigenvalue weighted by atomic mass is 9.84. The Hall–Kier alpha value is -1.79. The fourth-order valence-corrected chi connectivity index (χ4v) is 4.54. The van der Waals surface area contributed by atoms with Crippen LogP contribution in [0.3, 0.4) is 0 Å². The van der Waals surface area contributed by atoms with Gasteiger partial charge >= 0.3 is 0 Å². The van der Waals surface area contributed by atoms with Crippen molar-refractivity contribution in [1.29, 1.82) is 0 Å². The zero-order valence-electron chi connectivity index (χ0n) is 16.1. The Balaban J connectivity index is 1.30. The van der Waals surface area contributed by atoms with E-state index in [1.165, 1.54) is 19.3 Å². The molecule has 2 aliphatic heterocycles. The zero-order chi connectivity index (χ0) is 18.9. The predicted octanol–water partition coefficient (Wildman–Crippen LogP) is 2.39. The largest absolute Gasteiger partial charge is 0.454 e. The molecule has 1 aliphatic carbocycles. The number of fused-ring (bicyclic) bond motifs is 1. The van der Waals surface area contributed by atoms with Crippen molar-refractivity contribution < 1.29 is 19.4 Å². The second-order valence-corrected chi connectivity index (χ2v) is 8.31. The van der Waals surface area contributed by atoms with Crippen molar-refractivity contribution in [1.82, 2.24) is 10.2 Å². The summed E-state index contributed by atoms with van der Waals surface area (Å²) in [7, 11) is 0. The first-order valence-electron chi connectivity index (χ1n) is 10.2. The van der Waals surface area contributed by atoms with Crippen molar-refractivity contribution in [3.05, 3.63) is 23.8 Å². The molecule has 3 aliphatic rings. The van der Waals surface area contributed by atoms with Crippen molar-refractivity contribution in [3.63, 3.8) is 0 Å². The summed E-state index contributed by atoms with van der Waals surface area (Å²) < 4.78 is 10.8. The Morgan fingerprint density at radius 1 is 1.22 bits per heavy atom. The minimum atomic E-state index is -0.869. The van der Waals surface area contributed by atoms with Gasteiger partial charge in [-0.3, -0.25) is 9.69 Å². The molecule has 1 saturated heterocycles. The standard InChI is InChI=1S/C21H30N2O4/c1-15-4-2-3-5-17(15)22-20(24)13-23-10-8-21(25,9-11-23)16-6-7-18-19(12-16)27-14-26-18/h6-7,12,15,17,25H,2-5,8-11,13-14H2,1H3,(H,22,24)/t15-,17+/m1/s1. The van der Waals surface area contributed by atoms with Crippen LogP contribution in [0.4, 0.5) is 0 Å². The fourth-order valence-electron chi connectivity index (χ4n) is 4.54. The molecule has 6 heteroatoms. The Morgan fingerprint density at radius 2 is 1.96 bits per heavy atom. The Bertz CT molecular complexity index is 685. The smallest absolute Gasteiger partial charge is 0.234 e. The molecule has 27 heavy (non-hydrogen) atoms. The third kappa shape index (κ3) is 4.06. The van der Waals surface area contributed by atoms with Gasteiger partial charge in [0.15, 0.2) is 11.5 Å². The summed E-state index contributed by atoms with van der Waals surface area (Å²) in [5.41, 5.74) is -0.00172. The van der Waals surface area contributed by atoms with Crippen molar-refractivity contribution >= 4 is 5.91 Å². The number of hydrogen-bond acceptors (Lipinski definition) is 5. The van der Waals surface area contributed by atoms with E-state index in [9.17, 15) is 9.90 Å². The molecule has 0 unspecified atom stereocenters. The van der Waals surface area contributed by atoms with E-state index in [1.807, 2.05) is 18.2 Å². The molecule has 2 atom stereocenters. The number of carbonyl (C=O) groups is 1. The highest BCUT2D eigenvalue weighted by Gasteiger charge is 2.35. The molecule has 2 fully saturated rings. The van der Waals surface area contributed by atoms with Gasteiger partial charge < -0.3 is 19.9 Å². The summed E-state index contributed by atoms with van der Waals surface area (Å²) in [4.78, 5) is 14.6. The van der Waals surface area contributed by atoms with Gasteiger partial charge in [0.05, 0.1) is 12.1 Å². The summed E-state index contributed by atoms with van der Waals surface area (Å²) in [5.74, 6) is 2.11. The monoisotopic (exact) mass is 374 g/mol. The van der Waals surface area contributed by atoms with E-state index >= 15 is 0 Å². The lowest BCUT2D eigenvalue weighted by Gasteiger charge is -2.38. The molecule has 6 nitrogen and oxygen atoms in total. The molecule has 148 valence electrons. The SMILES string of the molecule is C[C@@H]1CCCC[C@@H]1NC(=O)CN1CCC(O)(c2ccc3c(c2)OCO3)CC1. The highest BCUT2D eigenvalue weighted by atomic mass is 16.7. The Morgan fingerprint density at radius 3 is 2.74 bits per heavy atom. The molecule has 1 aromatic rings. The number of aliphatic hydroxyl groups is 1. The number of nitrogens with one attached hydrogen (secondary N) is 1. The lowest BCUT2D eigenvalue weighted by molar-refractivity contribution is -0.124. The number of benzene rings is 1. The van der Waals surface area contributed by atoms with Gasteiger partial charge in [0.1, 0.15) is 0 Å². The minimum absolute atomic E-state index is 0.113. The average Bonchev–Trinajstić information content (AvgIpc) is 3.13. The van der Waals surface area contributed by atoms with E-state index in [0.29, 0.717) is 50.2 Å². The molecule has 2 N–H and O–H groups in total. The maximum atomic E-state index is 12.4. The molecular weight excluding hydrogens is 344 g/mol. The van der Waals surface area contributed by atoms with Crippen LogP contribution in [-0.2, 0) is 10.4 Å². The minimum Gasteiger partial charge on any atom is -0.454 e. The van der Waals surface area contributed by atoms with Crippen LogP contribution >= 0.6 is 0 Å². The number of amides is 1. The summed E-state index contributed by atoms with van der Waals surface area (Å²) in [6.07, 6.45) is 6.01. The van der Waals surface area contributed by atoms with Gasteiger partial charge in [-0.1, -0.05) is 25.8 Å². The van der Waals surface area contributed by atoms with E-state index in [-0.39, 0.29) is 12.7 Å². The van der Waals surface area contributed by atoms with E-state index in [1.54, 1.807) is 0 Å². The number of hydrogen-bond donors (Lipinski definition) is 2. The second kappa shape index (κ2) is 7.68. The highest BCUT2D eigenvalue weighted by molar-refractivity contribution is 5.78. The van der Waals surface area contributed by atoms with Gasteiger partial charge in [0.25, 0.3) is 0 Å². The average molecular weight is 374 g/mol. The van der Waals surface area contributed by atoms with Gasteiger partial charge in [0.2, 0.25) is 12.7 Å². The molecule has 1 aromatic carbocycles. The van der Waals surface area contributed by atoms with Crippen LogP contribution in [0, 0.1) is 5.92 Å². The van der Waals surface area contributed by atoms with Crippen LogP contribution in [0.25, 0.3) is 0 Å². The van der Waals surface area contributed by atoms with Crippen LogP contribution in [0.2, 0.25) is 0 Å². The summed E-state index contributed by atoms with van der Waals surface area (Å²) >= 11 is 0. The Labute approximate surface area is 160 Å². The predicted molar refractivity (Wildman–Crippen MR) is 102 cm³/mol. The quantitative estimate of drug-likeness (QED) is 0.847. The van der Waals surface area contributed by atoms with Crippen LogP contribution in [0.1, 0.15) is 51.0 Å². The third-order valence-electron chi connectivity index (χ3n) is 6.42. The normalized spacial score (nSPS) is 27.3. The molecule has 4 rings (SSSR count). The molecule has 0 bridgehead atoms. The molecule has 1 amide bonds. The summed E-state index contributed by atoms with van der Waals surface area (Å²) in [5, 5.41) is 14.3. The Kier molecular flexibility index (Phi) is 5.28. The fraction of sp³-hybridized carbons (Fsp3) is 0.667. The van der Waals surface area contributed by atoms with Gasteiger partial charge in [-0.25, -0.2) is 0 Å². The number of nitrogens with zero attached hydrogens (tertiary/aromatic N) is 1. The van der Waals surface area contributed by atoms with Crippen LogP contribution in [0.5, 0.6) is 11.5 Å². The third-order valence-corrected chi connectivity index (χ3v) is 6.42. The van der Waals surface area contributed by atoms with Crippen LogP contribution < -0.4 is 14.8 Å². The van der Waals surface area contributed by atoms with Gasteiger partial charge in [-0.15, -0.1) is 0 Å². The number of ether oxygens (including phenoxy) is 2. The maximum absolute atomic E-state index is 12.4. The topological polar surface area (TPSA) is 71.0 Å². The molecule has 0 spiro atoms. The van der Waals surface area contributed by atoms with Crippen molar-refractivity contribution in [2.75, 3.05) is 26.4 Å². The van der Waals surface area contributed by atoms with E-state index < -0.39 is 5.60 Å². The first-order valence-corrected chi connectivity index (χ1v) is 10.2. The van der Waals surface area contributed by atoms with E-state index in [0.717, 1.165) is 17.7 Å². The van der Waals surface area contributed by atoms with Crippen molar-refractivity contribution in [2.45, 2.75) is 57.1 Å². The number of likely N-dealkylation sites (tertiary alicyclic amines) is 1. The van der Waals surface area contributed by atoms with Crippen molar-refractivity contribution in [3.8, 4) is 11.5 Å². The van der Waals surface area contributed by atoms with Crippen LogP contribution in [-0.4, -0.2) is 48.4 Å². The van der Waals surface area contributed by atoms with Gasteiger partial charge in [0, 0.05) is 19.1 Å². The zero-order valence-corrected chi connectivity index (χ0v) is 16.1. The summed E-state index contributed by atoms with van der Waals surface area (Å²) in [6, 6.07) is 5.98. The number of carbonyl (C=O) groups excluding carboxylic acids is 1.